The van der Waals surface area contributed by atoms with Crippen LogP contribution in [-0.4, -0.2) is 5.97 Å². The highest BCUT2D eigenvalue weighted by Crippen LogP contribution is 2.39. The fourth-order valence-electron chi connectivity index (χ4n) is 1.56. The summed E-state index contributed by atoms with van der Waals surface area (Å²) in [7, 11) is 0. The van der Waals surface area contributed by atoms with Gasteiger partial charge in [-0.2, -0.15) is 0 Å². The number of hydrogen-bond donors (Lipinski definition) is 0. The number of esters is 1. The molecule has 0 fully saturated rings. The maximum Gasteiger partial charge on any atom is 0.321 e. The highest BCUT2D eigenvalue weighted by molar-refractivity contribution is 5.89. The zero-order chi connectivity index (χ0) is 9.64. The smallest absolute Gasteiger partial charge is 0.321 e. The Labute approximate surface area is 77.5 Å². The lowest BCUT2D eigenvalue weighted by Gasteiger charge is -2.12. The molecule has 2 rings (SSSR count). The molecule has 1 aromatic carbocycles. The van der Waals surface area contributed by atoms with Crippen molar-refractivity contribution >= 4 is 5.97 Å². The first-order valence-electron chi connectivity index (χ1n) is 4.35. The molecule has 0 aliphatic carbocycles. The first-order valence-corrected chi connectivity index (χ1v) is 4.35. The first-order chi connectivity index (χ1) is 6.01. The zero-order valence-electron chi connectivity index (χ0n) is 8.05. The van der Waals surface area contributed by atoms with Gasteiger partial charge in [0, 0.05) is 5.56 Å². The molecule has 0 bridgehead atoms. The van der Waals surface area contributed by atoms with Crippen LogP contribution in [0.15, 0.2) is 18.2 Å². The van der Waals surface area contributed by atoms with Crippen LogP contribution in [0.1, 0.15) is 25.0 Å². The van der Waals surface area contributed by atoms with Crippen molar-refractivity contribution in [2.24, 2.45) is 0 Å². The van der Waals surface area contributed by atoms with E-state index >= 15 is 0 Å². The second kappa shape index (κ2) is 2.34. The van der Waals surface area contributed by atoms with Crippen molar-refractivity contribution in [3.63, 3.8) is 0 Å². The van der Waals surface area contributed by atoms with E-state index < -0.39 is 5.41 Å². The number of hydrogen-bond acceptors (Lipinski definition) is 2. The topological polar surface area (TPSA) is 26.3 Å². The molecular formula is C11H12O2. The predicted molar refractivity (Wildman–Crippen MR) is 49.8 cm³/mol. The average Bonchev–Trinajstić information content (AvgIpc) is 2.27. The third-order valence-corrected chi connectivity index (χ3v) is 2.52. The summed E-state index contributed by atoms with van der Waals surface area (Å²) in [4.78, 5) is 11.4. The molecule has 0 saturated carbocycles. The molecule has 0 N–H and O–H groups in total. The van der Waals surface area contributed by atoms with E-state index in [1.54, 1.807) is 0 Å². The fraction of sp³-hybridized carbons (Fsp3) is 0.364. The first kappa shape index (κ1) is 8.30. The third-order valence-electron chi connectivity index (χ3n) is 2.52. The maximum atomic E-state index is 11.4. The van der Waals surface area contributed by atoms with Gasteiger partial charge >= 0.3 is 5.97 Å². The maximum absolute atomic E-state index is 11.4. The van der Waals surface area contributed by atoms with Gasteiger partial charge in [-0.15, -0.1) is 0 Å². The number of fused-ring (bicyclic) bond motifs is 1. The highest BCUT2D eigenvalue weighted by atomic mass is 16.5. The van der Waals surface area contributed by atoms with E-state index in [1.807, 2.05) is 39.0 Å². The quantitative estimate of drug-likeness (QED) is 0.447. The van der Waals surface area contributed by atoms with Crippen LogP contribution in [0.5, 0.6) is 5.75 Å². The van der Waals surface area contributed by atoms with Gasteiger partial charge < -0.3 is 4.74 Å². The summed E-state index contributed by atoms with van der Waals surface area (Å²) in [5.41, 5.74) is 1.67. The van der Waals surface area contributed by atoms with E-state index in [0.717, 1.165) is 11.1 Å². The number of ether oxygens (including phenoxy) is 1. The number of aryl methyl sites for hydroxylation is 1. The predicted octanol–water partition coefficient (Wildman–Crippen LogP) is 2.19. The summed E-state index contributed by atoms with van der Waals surface area (Å²) in [6, 6.07) is 5.82. The van der Waals surface area contributed by atoms with E-state index in [-0.39, 0.29) is 5.97 Å². The summed E-state index contributed by atoms with van der Waals surface area (Å²) in [5, 5.41) is 0. The van der Waals surface area contributed by atoms with E-state index in [4.69, 9.17) is 4.74 Å². The van der Waals surface area contributed by atoms with Crippen LogP contribution in [0, 0.1) is 6.92 Å². The van der Waals surface area contributed by atoms with Gasteiger partial charge in [0.2, 0.25) is 0 Å². The van der Waals surface area contributed by atoms with Crippen LogP contribution in [-0.2, 0) is 10.2 Å². The van der Waals surface area contributed by atoms with Crippen LogP contribution in [0.4, 0.5) is 0 Å². The molecule has 2 nitrogen and oxygen atoms in total. The van der Waals surface area contributed by atoms with E-state index in [1.165, 1.54) is 0 Å². The van der Waals surface area contributed by atoms with Crippen molar-refractivity contribution < 1.29 is 9.53 Å². The van der Waals surface area contributed by atoms with Crippen molar-refractivity contribution in [2.45, 2.75) is 26.2 Å². The Hall–Kier alpha value is -1.31. The second-order valence-electron chi connectivity index (χ2n) is 4.01. The van der Waals surface area contributed by atoms with Gasteiger partial charge in [-0.05, 0) is 26.8 Å². The zero-order valence-corrected chi connectivity index (χ0v) is 8.05. The van der Waals surface area contributed by atoms with E-state index in [0.29, 0.717) is 5.75 Å². The molecule has 0 spiro atoms. The molecule has 1 aliphatic rings. The summed E-state index contributed by atoms with van der Waals surface area (Å²) in [6.07, 6.45) is 0. The minimum atomic E-state index is -0.485. The Morgan fingerprint density at radius 3 is 2.69 bits per heavy atom. The van der Waals surface area contributed by atoms with Crippen LogP contribution in [0.25, 0.3) is 0 Å². The molecule has 1 heterocycles. The Kier molecular flexibility index (Phi) is 1.50. The van der Waals surface area contributed by atoms with E-state index in [2.05, 4.69) is 0 Å². The van der Waals surface area contributed by atoms with Crippen molar-refractivity contribution in [3.8, 4) is 5.75 Å². The second-order valence-corrected chi connectivity index (χ2v) is 4.01. The molecule has 0 aromatic heterocycles. The summed E-state index contributed by atoms with van der Waals surface area (Å²) >= 11 is 0. The Morgan fingerprint density at radius 1 is 1.31 bits per heavy atom. The molecular weight excluding hydrogens is 164 g/mol. The van der Waals surface area contributed by atoms with Gasteiger partial charge in [0.25, 0.3) is 0 Å². The fourth-order valence-corrected chi connectivity index (χ4v) is 1.56. The number of benzene rings is 1. The standard InChI is InChI=1S/C11H12O2/c1-7-4-5-9-8(6-7)11(2,3)10(12)13-9/h4-6H,1-3H3. The van der Waals surface area contributed by atoms with Gasteiger partial charge in [0.15, 0.2) is 0 Å². The van der Waals surface area contributed by atoms with Gasteiger partial charge in [-0.1, -0.05) is 17.7 Å². The van der Waals surface area contributed by atoms with Crippen LogP contribution < -0.4 is 4.74 Å². The molecule has 13 heavy (non-hydrogen) atoms. The van der Waals surface area contributed by atoms with Crippen molar-refractivity contribution in [1.82, 2.24) is 0 Å². The molecule has 68 valence electrons. The summed E-state index contributed by atoms with van der Waals surface area (Å²) in [6.45, 7) is 5.79. The van der Waals surface area contributed by atoms with E-state index in [9.17, 15) is 4.79 Å². The average molecular weight is 176 g/mol. The molecule has 1 aromatic rings. The minimum absolute atomic E-state index is 0.159. The monoisotopic (exact) mass is 176 g/mol. The molecule has 0 unspecified atom stereocenters. The molecule has 0 radical (unpaired) electrons. The van der Waals surface area contributed by atoms with Crippen molar-refractivity contribution in [1.29, 1.82) is 0 Å². The number of carbonyl (C=O) groups is 1. The largest absolute Gasteiger partial charge is 0.426 e. The minimum Gasteiger partial charge on any atom is -0.426 e. The highest BCUT2D eigenvalue weighted by Gasteiger charge is 2.40. The molecule has 0 amide bonds. The Bertz CT molecular complexity index is 378. The van der Waals surface area contributed by atoms with Gasteiger partial charge in [-0.3, -0.25) is 4.79 Å². The summed E-state index contributed by atoms with van der Waals surface area (Å²) < 4.78 is 5.14. The number of carbonyl (C=O) groups excluding carboxylic acids is 1. The lowest BCUT2D eigenvalue weighted by Crippen LogP contribution is -2.25. The van der Waals surface area contributed by atoms with Gasteiger partial charge in [0.05, 0.1) is 5.41 Å². The SMILES string of the molecule is Cc1ccc2c(c1)C(C)(C)C(=O)O2. The Balaban J connectivity index is 2.64. The molecule has 0 saturated heterocycles. The van der Waals surface area contributed by atoms with Crippen molar-refractivity contribution in [3.05, 3.63) is 29.3 Å². The molecule has 2 heteroatoms. The summed E-state index contributed by atoms with van der Waals surface area (Å²) in [5.74, 6) is 0.550. The lowest BCUT2D eigenvalue weighted by molar-refractivity contribution is -0.137. The lowest BCUT2D eigenvalue weighted by atomic mass is 9.86. The normalized spacial score (nSPS) is 18.2. The number of rotatable bonds is 0. The molecule has 1 aliphatic heterocycles. The molecule has 0 atom stereocenters. The Morgan fingerprint density at radius 2 is 2.00 bits per heavy atom. The van der Waals surface area contributed by atoms with Crippen molar-refractivity contribution in [2.75, 3.05) is 0 Å². The van der Waals surface area contributed by atoms with Gasteiger partial charge in [0.1, 0.15) is 5.75 Å². The van der Waals surface area contributed by atoms with Crippen LogP contribution >= 0.6 is 0 Å². The third kappa shape index (κ3) is 1.05. The van der Waals surface area contributed by atoms with Crippen LogP contribution in [0.2, 0.25) is 0 Å². The van der Waals surface area contributed by atoms with Crippen LogP contribution in [0.3, 0.4) is 0 Å². The van der Waals surface area contributed by atoms with Gasteiger partial charge in [-0.25, -0.2) is 0 Å².